The van der Waals surface area contributed by atoms with E-state index in [1.54, 1.807) is 11.0 Å². The monoisotopic (exact) mass is 362 g/mol. The van der Waals surface area contributed by atoms with Crippen LogP contribution in [0.15, 0.2) is 18.2 Å². The second kappa shape index (κ2) is 9.89. The number of anilines is 1. The van der Waals surface area contributed by atoms with Crippen LogP contribution in [0.1, 0.15) is 56.9 Å². The number of carbonyl (C=O) groups is 2. The van der Waals surface area contributed by atoms with Gasteiger partial charge in [0.15, 0.2) is 0 Å². The third-order valence-electron chi connectivity index (χ3n) is 4.73. The number of methoxy groups -OCH3 is 1. The van der Waals surface area contributed by atoms with Crippen molar-refractivity contribution in [1.82, 2.24) is 0 Å². The Morgan fingerprint density at radius 2 is 1.77 bits per heavy atom. The molecule has 1 amide bonds. The molecule has 7 heteroatoms. The Kier molecular flexibility index (Phi) is 7.56. The van der Waals surface area contributed by atoms with Crippen LogP contribution in [0.4, 0.5) is 11.4 Å². The summed E-state index contributed by atoms with van der Waals surface area (Å²) in [6.45, 7) is 0.600. The summed E-state index contributed by atoms with van der Waals surface area (Å²) in [7, 11) is 1.40. The summed E-state index contributed by atoms with van der Waals surface area (Å²) in [4.78, 5) is 35.6. The number of amides is 1. The first kappa shape index (κ1) is 19.9. The van der Waals surface area contributed by atoms with E-state index >= 15 is 0 Å². The summed E-state index contributed by atoms with van der Waals surface area (Å²) >= 11 is 0. The number of unbranched alkanes of at least 4 members (excludes halogenated alkanes) is 5. The molecule has 0 unspecified atom stereocenters. The Bertz CT molecular complexity index is 659. The van der Waals surface area contributed by atoms with Crippen molar-refractivity contribution in [2.45, 2.75) is 57.8 Å². The average Bonchev–Trinajstić information content (AvgIpc) is 3.06. The fraction of sp³-hybridized carbons (Fsp3) is 0.579. The van der Waals surface area contributed by atoms with Gasteiger partial charge in [0.2, 0.25) is 5.91 Å². The van der Waals surface area contributed by atoms with Gasteiger partial charge >= 0.3 is 5.97 Å². The predicted molar refractivity (Wildman–Crippen MR) is 98.1 cm³/mol. The summed E-state index contributed by atoms with van der Waals surface area (Å²) in [6, 6.07) is 4.74. The molecule has 7 nitrogen and oxygen atoms in total. The maximum Gasteiger partial charge on any atom is 0.305 e. The van der Waals surface area contributed by atoms with Gasteiger partial charge in [-0.3, -0.25) is 19.7 Å². The van der Waals surface area contributed by atoms with Gasteiger partial charge in [-0.1, -0.05) is 31.7 Å². The molecule has 0 aromatic heterocycles. The van der Waals surface area contributed by atoms with Crippen molar-refractivity contribution in [2.75, 3.05) is 18.6 Å². The smallest absolute Gasteiger partial charge is 0.305 e. The zero-order valence-electron chi connectivity index (χ0n) is 15.2. The number of fused-ring (bicyclic) bond motifs is 1. The average molecular weight is 362 g/mol. The number of nitro groups is 1. The van der Waals surface area contributed by atoms with Gasteiger partial charge in [-0.25, -0.2) is 0 Å². The van der Waals surface area contributed by atoms with Crippen LogP contribution in [-0.4, -0.2) is 30.5 Å². The molecule has 142 valence electrons. The van der Waals surface area contributed by atoms with Gasteiger partial charge < -0.3 is 9.64 Å². The van der Waals surface area contributed by atoms with Gasteiger partial charge in [-0.2, -0.15) is 0 Å². The number of rotatable bonds is 10. The number of carbonyl (C=O) groups excluding carboxylic acids is 2. The highest BCUT2D eigenvalue weighted by molar-refractivity contribution is 5.95. The van der Waals surface area contributed by atoms with Crippen LogP contribution >= 0.6 is 0 Å². The van der Waals surface area contributed by atoms with Gasteiger partial charge in [0, 0.05) is 31.5 Å². The first-order valence-corrected chi connectivity index (χ1v) is 9.17. The summed E-state index contributed by atoms with van der Waals surface area (Å²) in [5.74, 6) is -0.128. The molecule has 0 saturated carbocycles. The second-order valence-corrected chi connectivity index (χ2v) is 6.56. The molecule has 0 fully saturated rings. The predicted octanol–water partition coefficient (Wildman–Crippen LogP) is 3.78. The molecule has 1 aromatic carbocycles. The maximum atomic E-state index is 12.4. The van der Waals surface area contributed by atoms with Gasteiger partial charge in [-0.15, -0.1) is 0 Å². The Labute approximate surface area is 153 Å². The summed E-state index contributed by atoms with van der Waals surface area (Å²) < 4.78 is 4.60. The van der Waals surface area contributed by atoms with Crippen LogP contribution in [0.25, 0.3) is 0 Å². The quantitative estimate of drug-likeness (QED) is 0.273. The fourth-order valence-corrected chi connectivity index (χ4v) is 3.23. The van der Waals surface area contributed by atoms with Crippen LogP contribution < -0.4 is 4.90 Å². The minimum absolute atomic E-state index is 0.0235. The number of benzene rings is 1. The largest absolute Gasteiger partial charge is 0.469 e. The van der Waals surface area contributed by atoms with Gasteiger partial charge in [-0.05, 0) is 24.8 Å². The molecule has 1 heterocycles. The third-order valence-corrected chi connectivity index (χ3v) is 4.73. The molecular formula is C19H26N2O5. The Morgan fingerprint density at radius 3 is 2.42 bits per heavy atom. The normalized spacial score (nSPS) is 12.7. The minimum atomic E-state index is -0.429. The third kappa shape index (κ3) is 5.54. The van der Waals surface area contributed by atoms with E-state index in [9.17, 15) is 19.7 Å². The molecule has 2 rings (SSSR count). The van der Waals surface area contributed by atoms with Crippen molar-refractivity contribution >= 4 is 23.3 Å². The number of non-ortho nitro benzene ring substituents is 1. The molecular weight excluding hydrogens is 336 g/mol. The van der Waals surface area contributed by atoms with E-state index < -0.39 is 4.92 Å². The summed E-state index contributed by atoms with van der Waals surface area (Å²) in [5.41, 5.74) is 1.71. The highest BCUT2D eigenvalue weighted by Crippen LogP contribution is 2.32. The Hall–Kier alpha value is -2.44. The molecule has 0 spiro atoms. The lowest BCUT2D eigenvalue weighted by Gasteiger charge is -2.17. The lowest BCUT2D eigenvalue weighted by molar-refractivity contribution is -0.384. The number of hydrogen-bond acceptors (Lipinski definition) is 5. The number of ether oxygens (including phenoxy) is 1. The lowest BCUT2D eigenvalue weighted by atomic mass is 10.1. The van der Waals surface area contributed by atoms with Crippen molar-refractivity contribution in [1.29, 1.82) is 0 Å². The number of nitrogens with zero attached hydrogens (tertiary/aromatic N) is 2. The topological polar surface area (TPSA) is 89.8 Å². The van der Waals surface area contributed by atoms with E-state index in [2.05, 4.69) is 4.74 Å². The highest BCUT2D eigenvalue weighted by atomic mass is 16.6. The van der Waals surface area contributed by atoms with E-state index in [1.165, 1.54) is 19.2 Å². The van der Waals surface area contributed by atoms with E-state index in [0.29, 0.717) is 25.1 Å². The van der Waals surface area contributed by atoms with Crippen LogP contribution in [0.3, 0.4) is 0 Å². The van der Waals surface area contributed by atoms with E-state index in [0.717, 1.165) is 50.5 Å². The molecule has 0 bridgehead atoms. The van der Waals surface area contributed by atoms with E-state index in [4.69, 9.17) is 0 Å². The molecule has 0 atom stereocenters. The fourth-order valence-electron chi connectivity index (χ4n) is 3.23. The molecule has 0 N–H and O–H groups in total. The lowest BCUT2D eigenvalue weighted by Crippen LogP contribution is -2.28. The highest BCUT2D eigenvalue weighted by Gasteiger charge is 2.26. The summed E-state index contributed by atoms with van der Waals surface area (Å²) in [5, 5.41) is 10.9. The van der Waals surface area contributed by atoms with Gasteiger partial charge in [0.05, 0.1) is 17.7 Å². The molecule has 0 aliphatic carbocycles. The molecule has 1 aromatic rings. The minimum Gasteiger partial charge on any atom is -0.469 e. The number of esters is 1. The van der Waals surface area contributed by atoms with Crippen molar-refractivity contribution < 1.29 is 19.2 Å². The molecule has 26 heavy (non-hydrogen) atoms. The van der Waals surface area contributed by atoms with Crippen LogP contribution in [-0.2, 0) is 20.7 Å². The first-order chi connectivity index (χ1) is 12.5. The second-order valence-electron chi connectivity index (χ2n) is 6.56. The van der Waals surface area contributed by atoms with Crippen molar-refractivity contribution in [3.05, 3.63) is 33.9 Å². The van der Waals surface area contributed by atoms with Crippen molar-refractivity contribution in [3.63, 3.8) is 0 Å². The van der Waals surface area contributed by atoms with Gasteiger partial charge in [0.25, 0.3) is 5.69 Å². The maximum absolute atomic E-state index is 12.4. The van der Waals surface area contributed by atoms with Crippen molar-refractivity contribution in [2.24, 2.45) is 0 Å². The number of nitro benzene ring substituents is 1. The van der Waals surface area contributed by atoms with Crippen LogP contribution in [0.5, 0.6) is 0 Å². The van der Waals surface area contributed by atoms with E-state index in [-0.39, 0.29) is 17.6 Å². The molecule has 1 aliphatic heterocycles. The van der Waals surface area contributed by atoms with Crippen molar-refractivity contribution in [3.8, 4) is 0 Å². The number of hydrogen-bond donors (Lipinski definition) is 0. The summed E-state index contributed by atoms with van der Waals surface area (Å²) in [6.07, 6.45) is 7.39. The SMILES string of the molecule is COC(=O)CCCCCCCCC(=O)N1CCc2ccc([N+](=O)[O-])cc21. The first-order valence-electron chi connectivity index (χ1n) is 9.17. The molecule has 1 aliphatic rings. The molecule has 0 radical (unpaired) electrons. The standard InChI is InChI=1S/C19H26N2O5/c1-26-19(23)9-7-5-3-2-4-6-8-18(22)20-13-12-15-10-11-16(21(24)25)14-17(15)20/h10-11,14H,2-9,12-13H2,1H3. The van der Waals surface area contributed by atoms with Gasteiger partial charge in [0.1, 0.15) is 0 Å². The van der Waals surface area contributed by atoms with E-state index in [1.807, 2.05) is 0 Å². The van der Waals surface area contributed by atoms with Crippen LogP contribution in [0, 0.1) is 10.1 Å². The van der Waals surface area contributed by atoms with Crippen LogP contribution in [0.2, 0.25) is 0 Å². The Morgan fingerprint density at radius 1 is 1.12 bits per heavy atom. The zero-order chi connectivity index (χ0) is 18.9. The zero-order valence-corrected chi connectivity index (χ0v) is 15.2. The molecule has 0 saturated heterocycles. The Balaban J connectivity index is 1.68.